The van der Waals surface area contributed by atoms with E-state index in [1.54, 1.807) is 16.6 Å². The standard InChI is InChI=1S/C28H35N7O5/c1-31-23-21(15-30-31)24(36)34(19-29-23)18-28(40)11-12-33(17-27(28)9-5-6-10-27)25(37)35-14-13-32(26(38)39)16-22(35)20-7-3-2-4-8-20/h2-4,7-8,15,19,22,40H,5-6,9-14,16-18H2,1H3,(H,38,39)/t22-,28?/m0/s1. The van der Waals surface area contributed by atoms with E-state index in [1.165, 1.54) is 22.0 Å². The molecule has 2 saturated heterocycles. The van der Waals surface area contributed by atoms with Gasteiger partial charge >= 0.3 is 12.1 Å². The molecule has 1 aliphatic carbocycles. The quantitative estimate of drug-likeness (QED) is 0.511. The fourth-order valence-corrected chi connectivity index (χ4v) is 7.05. The third-order valence-corrected chi connectivity index (χ3v) is 9.34. The predicted molar refractivity (Wildman–Crippen MR) is 146 cm³/mol. The van der Waals surface area contributed by atoms with E-state index in [4.69, 9.17) is 0 Å². The monoisotopic (exact) mass is 549 g/mol. The zero-order valence-corrected chi connectivity index (χ0v) is 22.6. The topological polar surface area (TPSA) is 137 Å². The van der Waals surface area contributed by atoms with Crippen LogP contribution in [0.5, 0.6) is 0 Å². The number of hydrogen-bond acceptors (Lipinski definition) is 6. The maximum Gasteiger partial charge on any atom is 0.407 e. The Labute approximate surface area is 231 Å². The SMILES string of the molecule is Cn1ncc2c(=O)n(CC3(O)CCN(C(=O)N4CCN(C(=O)O)C[C@H]4c4ccccc4)CC34CCCC4)cnc21. The van der Waals surface area contributed by atoms with Crippen molar-refractivity contribution in [3.63, 3.8) is 0 Å². The van der Waals surface area contributed by atoms with Crippen LogP contribution in [0.1, 0.15) is 43.7 Å². The Morgan fingerprint density at radius 3 is 2.52 bits per heavy atom. The molecule has 2 aromatic heterocycles. The summed E-state index contributed by atoms with van der Waals surface area (Å²) < 4.78 is 3.04. The minimum atomic E-state index is -1.18. The Hall–Kier alpha value is -3.93. The van der Waals surface area contributed by atoms with E-state index >= 15 is 0 Å². The number of rotatable bonds is 3. The van der Waals surface area contributed by atoms with Gasteiger partial charge in [0.05, 0.1) is 24.4 Å². The van der Waals surface area contributed by atoms with Crippen molar-refractivity contribution in [1.82, 2.24) is 34.0 Å². The summed E-state index contributed by atoms with van der Waals surface area (Å²) in [5, 5.41) is 26.4. The second-order valence-corrected chi connectivity index (χ2v) is 11.5. The predicted octanol–water partition coefficient (Wildman–Crippen LogP) is 2.28. The first-order valence-electron chi connectivity index (χ1n) is 13.9. The second kappa shape index (κ2) is 9.92. The minimum absolute atomic E-state index is 0.107. The van der Waals surface area contributed by atoms with Gasteiger partial charge in [-0.3, -0.25) is 14.0 Å². The maximum atomic E-state index is 14.1. The molecule has 2 atom stereocenters. The first-order valence-corrected chi connectivity index (χ1v) is 13.9. The number of carbonyl (C=O) groups excluding carboxylic acids is 1. The lowest BCUT2D eigenvalue weighted by Crippen LogP contribution is -2.64. The molecule has 2 N–H and O–H groups in total. The maximum absolute atomic E-state index is 14.1. The molecule has 1 aromatic carbocycles. The normalized spacial score (nSPS) is 24.6. The van der Waals surface area contributed by atoms with E-state index in [9.17, 15) is 24.6 Å². The molecule has 12 heteroatoms. The van der Waals surface area contributed by atoms with Gasteiger partial charge in [0.25, 0.3) is 5.56 Å². The van der Waals surface area contributed by atoms with Crippen LogP contribution < -0.4 is 5.56 Å². The number of fused-ring (bicyclic) bond motifs is 1. The van der Waals surface area contributed by atoms with E-state index in [0.717, 1.165) is 31.2 Å². The fourth-order valence-electron chi connectivity index (χ4n) is 7.05. The number of aromatic nitrogens is 4. The van der Waals surface area contributed by atoms with Gasteiger partial charge in [-0.15, -0.1) is 0 Å². The van der Waals surface area contributed by atoms with E-state index in [-0.39, 0.29) is 31.2 Å². The fraction of sp³-hybridized carbons (Fsp3) is 0.536. The molecule has 12 nitrogen and oxygen atoms in total. The second-order valence-electron chi connectivity index (χ2n) is 11.5. The van der Waals surface area contributed by atoms with Crippen molar-refractivity contribution in [1.29, 1.82) is 0 Å². The lowest BCUT2D eigenvalue weighted by Gasteiger charge is -2.53. The molecule has 0 bridgehead atoms. The lowest BCUT2D eigenvalue weighted by molar-refractivity contribution is -0.137. The molecule has 3 fully saturated rings. The molecular formula is C28H35N7O5. The Bertz CT molecular complexity index is 1480. The highest BCUT2D eigenvalue weighted by Crippen LogP contribution is 2.52. The number of aliphatic hydroxyl groups is 1. The van der Waals surface area contributed by atoms with Crippen molar-refractivity contribution in [2.24, 2.45) is 12.5 Å². The number of aryl methyl sites for hydroxylation is 1. The third-order valence-electron chi connectivity index (χ3n) is 9.34. The number of likely N-dealkylation sites (tertiary alicyclic amines) is 1. The summed E-state index contributed by atoms with van der Waals surface area (Å²) in [4.78, 5) is 48.4. The van der Waals surface area contributed by atoms with Gasteiger partial charge in [-0.05, 0) is 24.8 Å². The molecule has 6 rings (SSSR count). The van der Waals surface area contributed by atoms with Gasteiger partial charge in [-0.25, -0.2) is 14.6 Å². The molecule has 212 valence electrons. The largest absolute Gasteiger partial charge is 0.465 e. The molecule has 3 aromatic rings. The molecular weight excluding hydrogens is 514 g/mol. The number of piperazine rings is 1. The van der Waals surface area contributed by atoms with Crippen molar-refractivity contribution < 1.29 is 19.8 Å². The molecule has 40 heavy (non-hydrogen) atoms. The number of carboxylic acid groups (broad SMARTS) is 1. The number of piperidine rings is 1. The minimum Gasteiger partial charge on any atom is -0.465 e. The zero-order valence-electron chi connectivity index (χ0n) is 22.6. The van der Waals surface area contributed by atoms with Crippen LogP contribution in [-0.4, -0.2) is 94.7 Å². The molecule has 3 aliphatic rings. The molecule has 3 amide bonds. The van der Waals surface area contributed by atoms with Crippen molar-refractivity contribution >= 4 is 23.2 Å². The Morgan fingerprint density at radius 1 is 1.05 bits per heavy atom. The van der Waals surface area contributed by atoms with E-state index in [1.807, 2.05) is 35.2 Å². The van der Waals surface area contributed by atoms with Crippen LogP contribution in [0.3, 0.4) is 0 Å². The number of hydrogen-bond donors (Lipinski definition) is 2. The van der Waals surface area contributed by atoms with E-state index in [2.05, 4.69) is 10.1 Å². The van der Waals surface area contributed by atoms with Crippen LogP contribution in [0, 0.1) is 5.41 Å². The summed E-state index contributed by atoms with van der Waals surface area (Å²) in [6.45, 7) is 1.59. The first-order chi connectivity index (χ1) is 19.2. The van der Waals surface area contributed by atoms with Crippen LogP contribution in [0.2, 0.25) is 0 Å². The van der Waals surface area contributed by atoms with Gasteiger partial charge < -0.3 is 24.9 Å². The van der Waals surface area contributed by atoms with Crippen molar-refractivity contribution in [2.45, 2.75) is 50.3 Å². The Kier molecular flexibility index (Phi) is 6.52. The summed E-state index contributed by atoms with van der Waals surface area (Å²) >= 11 is 0. The van der Waals surface area contributed by atoms with Gasteiger partial charge in [0.2, 0.25) is 0 Å². The number of benzene rings is 1. The van der Waals surface area contributed by atoms with Crippen molar-refractivity contribution in [3.05, 3.63) is 58.8 Å². The van der Waals surface area contributed by atoms with Crippen molar-refractivity contribution in [2.75, 3.05) is 32.7 Å². The van der Waals surface area contributed by atoms with Gasteiger partial charge in [0, 0.05) is 45.2 Å². The zero-order chi connectivity index (χ0) is 28.1. The van der Waals surface area contributed by atoms with Gasteiger partial charge in [0.1, 0.15) is 11.7 Å². The Morgan fingerprint density at radius 2 is 1.80 bits per heavy atom. The highest BCUT2D eigenvalue weighted by atomic mass is 16.4. The van der Waals surface area contributed by atoms with Crippen molar-refractivity contribution in [3.8, 4) is 0 Å². The van der Waals surface area contributed by atoms with Crippen LogP contribution in [0.4, 0.5) is 9.59 Å². The number of urea groups is 1. The summed E-state index contributed by atoms with van der Waals surface area (Å²) in [6.07, 6.45) is 5.75. The average Bonchev–Trinajstić information content (AvgIpc) is 3.59. The van der Waals surface area contributed by atoms with E-state index in [0.29, 0.717) is 37.1 Å². The van der Waals surface area contributed by atoms with Gasteiger partial charge in [0.15, 0.2) is 5.65 Å². The molecule has 1 spiro atoms. The summed E-state index contributed by atoms with van der Waals surface area (Å²) in [5.74, 6) is 0. The van der Waals surface area contributed by atoms with Crippen LogP contribution in [0.25, 0.3) is 11.0 Å². The number of carbonyl (C=O) groups is 2. The smallest absolute Gasteiger partial charge is 0.407 e. The number of amides is 3. The highest BCUT2D eigenvalue weighted by molar-refractivity contribution is 5.76. The molecule has 1 saturated carbocycles. The third kappa shape index (κ3) is 4.30. The van der Waals surface area contributed by atoms with Crippen LogP contribution in [0.15, 0.2) is 47.7 Å². The number of nitrogens with zero attached hydrogens (tertiary/aromatic N) is 7. The molecule has 0 radical (unpaired) electrons. The highest BCUT2D eigenvalue weighted by Gasteiger charge is 2.56. The summed E-state index contributed by atoms with van der Waals surface area (Å²) in [5.41, 5.74) is -0.568. The van der Waals surface area contributed by atoms with Crippen LogP contribution in [-0.2, 0) is 13.6 Å². The van der Waals surface area contributed by atoms with Gasteiger partial charge in [-0.2, -0.15) is 5.10 Å². The van der Waals surface area contributed by atoms with Gasteiger partial charge in [-0.1, -0.05) is 43.2 Å². The molecule has 1 unspecified atom stereocenters. The van der Waals surface area contributed by atoms with Crippen LogP contribution >= 0.6 is 0 Å². The molecule has 4 heterocycles. The van der Waals surface area contributed by atoms with E-state index < -0.39 is 23.2 Å². The molecule has 2 aliphatic heterocycles. The Balaban J connectivity index is 1.26. The first kappa shape index (κ1) is 26.3. The average molecular weight is 550 g/mol. The lowest BCUT2D eigenvalue weighted by atomic mass is 9.66. The summed E-state index contributed by atoms with van der Waals surface area (Å²) in [7, 11) is 1.73. The summed E-state index contributed by atoms with van der Waals surface area (Å²) in [6, 6.07) is 9.01.